The summed E-state index contributed by atoms with van der Waals surface area (Å²) in [4.78, 5) is 28.7. The Labute approximate surface area is 188 Å². The van der Waals surface area contributed by atoms with E-state index in [1.807, 2.05) is 25.2 Å². The van der Waals surface area contributed by atoms with Crippen molar-refractivity contribution in [2.24, 2.45) is 10.8 Å². The predicted molar refractivity (Wildman–Crippen MR) is 120 cm³/mol. The molecule has 2 N–H and O–H groups in total. The van der Waals surface area contributed by atoms with E-state index in [0.29, 0.717) is 31.9 Å². The van der Waals surface area contributed by atoms with Crippen molar-refractivity contribution in [2.75, 3.05) is 64.4 Å². The minimum atomic E-state index is -3.54. The number of nitrogens with zero attached hydrogens (tertiary/aromatic N) is 6. The second-order valence-electron chi connectivity index (χ2n) is 8.25. The maximum Gasteiger partial charge on any atom is 0.282 e. The van der Waals surface area contributed by atoms with Gasteiger partial charge in [0, 0.05) is 58.8 Å². The van der Waals surface area contributed by atoms with Crippen LogP contribution in [0.2, 0.25) is 0 Å². The number of amides is 2. The number of piperazine rings is 2. The summed E-state index contributed by atoms with van der Waals surface area (Å²) in [5.41, 5.74) is 6.49. The summed E-state index contributed by atoms with van der Waals surface area (Å²) < 4.78 is 28.9. The molecule has 1 unspecified atom stereocenters. The lowest BCUT2D eigenvalue weighted by Gasteiger charge is -2.39. The summed E-state index contributed by atoms with van der Waals surface area (Å²) in [7, 11) is -1.57. The van der Waals surface area contributed by atoms with E-state index in [4.69, 9.17) is 5.73 Å². The Kier molecular flexibility index (Phi) is 6.47. The van der Waals surface area contributed by atoms with Crippen LogP contribution >= 0.6 is 0 Å². The van der Waals surface area contributed by atoms with Gasteiger partial charge >= 0.3 is 0 Å². The third-order valence-electron chi connectivity index (χ3n) is 6.15. The topological polar surface area (TPSA) is 123 Å². The molecule has 3 aliphatic rings. The molecule has 0 bridgehead atoms. The predicted octanol–water partition coefficient (Wildman–Crippen LogP) is -1.26. The van der Waals surface area contributed by atoms with Crippen LogP contribution in [-0.4, -0.2) is 110 Å². The summed E-state index contributed by atoms with van der Waals surface area (Å²) in [5.74, 6) is -0.838. The van der Waals surface area contributed by atoms with Crippen LogP contribution < -0.4 is 10.7 Å². The standard InChI is InChI=1S/C20H29N7O4S/c1-23-7-11-25(12-8-23)32(30,31)26-13-9-24(10-14-26)20(29)17-15-18(19(21)28)27(22-17)16-5-3-2-4-6-16/h2-6,18H,7-15H2,1H3,(H2,21,28). The molecule has 0 aliphatic carbocycles. The summed E-state index contributed by atoms with van der Waals surface area (Å²) in [5, 5.41) is 5.89. The zero-order valence-corrected chi connectivity index (χ0v) is 18.9. The Morgan fingerprint density at radius 2 is 1.50 bits per heavy atom. The van der Waals surface area contributed by atoms with E-state index < -0.39 is 22.2 Å². The molecule has 0 saturated carbocycles. The van der Waals surface area contributed by atoms with Crippen LogP contribution in [0.25, 0.3) is 0 Å². The number of hydrogen-bond donors (Lipinski definition) is 1. The lowest BCUT2D eigenvalue weighted by atomic mass is 10.1. The Balaban J connectivity index is 1.40. The van der Waals surface area contributed by atoms with Gasteiger partial charge in [-0.1, -0.05) is 18.2 Å². The van der Waals surface area contributed by atoms with E-state index in [2.05, 4.69) is 10.0 Å². The number of carbonyl (C=O) groups is 2. The Bertz CT molecular complexity index is 984. The number of primary amides is 1. The zero-order valence-electron chi connectivity index (χ0n) is 18.1. The number of carbonyl (C=O) groups excluding carboxylic acids is 2. The average Bonchev–Trinajstić information content (AvgIpc) is 3.25. The first-order valence-corrected chi connectivity index (χ1v) is 12.1. The molecule has 3 heterocycles. The molecule has 2 saturated heterocycles. The first-order chi connectivity index (χ1) is 15.3. The van der Waals surface area contributed by atoms with E-state index in [9.17, 15) is 18.0 Å². The molecule has 0 aromatic heterocycles. The van der Waals surface area contributed by atoms with E-state index in [-0.39, 0.29) is 44.2 Å². The van der Waals surface area contributed by atoms with Gasteiger partial charge < -0.3 is 15.5 Å². The van der Waals surface area contributed by atoms with Gasteiger partial charge in [-0.2, -0.15) is 22.1 Å². The van der Waals surface area contributed by atoms with Crippen molar-refractivity contribution >= 4 is 33.4 Å². The fourth-order valence-corrected chi connectivity index (χ4v) is 5.74. The van der Waals surface area contributed by atoms with Crippen molar-refractivity contribution in [3.63, 3.8) is 0 Å². The molecular weight excluding hydrogens is 434 g/mol. The SMILES string of the molecule is CN1CCN(S(=O)(=O)N2CCN(C(=O)C3=NN(c4ccccc4)C(C(N)=O)C3)CC2)CC1. The van der Waals surface area contributed by atoms with Crippen LogP contribution in [0.4, 0.5) is 5.69 Å². The monoisotopic (exact) mass is 463 g/mol. The molecular formula is C20H29N7O4S. The molecule has 174 valence electrons. The van der Waals surface area contributed by atoms with Crippen LogP contribution in [0.15, 0.2) is 35.4 Å². The van der Waals surface area contributed by atoms with Crippen molar-refractivity contribution < 1.29 is 18.0 Å². The van der Waals surface area contributed by atoms with Crippen molar-refractivity contribution in [3.05, 3.63) is 30.3 Å². The van der Waals surface area contributed by atoms with Crippen LogP contribution in [-0.2, 0) is 19.8 Å². The first-order valence-electron chi connectivity index (χ1n) is 10.7. The number of benzene rings is 1. The van der Waals surface area contributed by atoms with Gasteiger partial charge in [0.05, 0.1) is 5.69 Å². The second-order valence-corrected chi connectivity index (χ2v) is 10.2. The number of likely N-dealkylation sites (N-methyl/N-ethyl adjacent to an activating group) is 1. The van der Waals surface area contributed by atoms with Gasteiger partial charge in [0.15, 0.2) is 0 Å². The Hall–Kier alpha value is -2.54. The van der Waals surface area contributed by atoms with Crippen molar-refractivity contribution in [3.8, 4) is 0 Å². The van der Waals surface area contributed by atoms with Crippen LogP contribution in [0.3, 0.4) is 0 Å². The van der Waals surface area contributed by atoms with Gasteiger partial charge in [-0.25, -0.2) is 0 Å². The molecule has 1 atom stereocenters. The molecule has 0 spiro atoms. The fourth-order valence-electron chi connectivity index (χ4n) is 4.17. The second kappa shape index (κ2) is 9.14. The average molecular weight is 464 g/mol. The maximum atomic E-state index is 13.1. The molecule has 1 aromatic carbocycles. The minimum absolute atomic E-state index is 0.128. The largest absolute Gasteiger partial charge is 0.368 e. The molecule has 1 aromatic rings. The quantitative estimate of drug-likeness (QED) is 0.582. The third-order valence-corrected chi connectivity index (χ3v) is 8.18. The highest BCUT2D eigenvalue weighted by molar-refractivity contribution is 7.86. The Morgan fingerprint density at radius 1 is 0.938 bits per heavy atom. The van der Waals surface area contributed by atoms with Gasteiger partial charge in [0.2, 0.25) is 5.91 Å². The van der Waals surface area contributed by atoms with Crippen molar-refractivity contribution in [1.29, 1.82) is 0 Å². The van der Waals surface area contributed by atoms with E-state index in [1.54, 1.807) is 17.0 Å². The highest BCUT2D eigenvalue weighted by Crippen LogP contribution is 2.25. The number of hydrazone groups is 1. The first kappa shape index (κ1) is 22.6. The molecule has 2 fully saturated rings. The summed E-state index contributed by atoms with van der Waals surface area (Å²) in [6.07, 6.45) is 0.128. The maximum absolute atomic E-state index is 13.1. The van der Waals surface area contributed by atoms with E-state index in [0.717, 1.165) is 0 Å². The lowest BCUT2D eigenvalue weighted by molar-refractivity contribution is -0.125. The van der Waals surface area contributed by atoms with Crippen LogP contribution in [0.5, 0.6) is 0 Å². The molecule has 0 radical (unpaired) electrons. The molecule has 12 heteroatoms. The van der Waals surface area contributed by atoms with Gasteiger partial charge in [0.25, 0.3) is 16.1 Å². The third kappa shape index (κ3) is 4.49. The van der Waals surface area contributed by atoms with Gasteiger partial charge in [0.1, 0.15) is 11.8 Å². The minimum Gasteiger partial charge on any atom is -0.368 e. The van der Waals surface area contributed by atoms with Crippen molar-refractivity contribution in [2.45, 2.75) is 12.5 Å². The number of para-hydroxylation sites is 1. The summed E-state index contributed by atoms with van der Waals surface area (Å²) in [6.45, 7) is 3.36. The van der Waals surface area contributed by atoms with Crippen LogP contribution in [0.1, 0.15) is 6.42 Å². The molecule has 3 aliphatic heterocycles. The molecule has 11 nitrogen and oxygen atoms in total. The van der Waals surface area contributed by atoms with E-state index in [1.165, 1.54) is 13.6 Å². The van der Waals surface area contributed by atoms with Crippen LogP contribution in [0, 0.1) is 0 Å². The molecule has 4 rings (SSSR count). The fraction of sp³-hybridized carbons (Fsp3) is 0.550. The number of hydrogen-bond acceptors (Lipinski definition) is 7. The smallest absolute Gasteiger partial charge is 0.282 e. The van der Waals surface area contributed by atoms with Gasteiger partial charge in [-0.3, -0.25) is 14.6 Å². The van der Waals surface area contributed by atoms with Gasteiger partial charge in [-0.05, 0) is 19.2 Å². The normalized spacial score (nSPS) is 23.9. The number of rotatable bonds is 5. The van der Waals surface area contributed by atoms with E-state index >= 15 is 0 Å². The summed E-state index contributed by atoms with van der Waals surface area (Å²) in [6, 6.07) is 8.37. The molecule has 2 amide bonds. The van der Waals surface area contributed by atoms with Crippen molar-refractivity contribution in [1.82, 2.24) is 18.4 Å². The van der Waals surface area contributed by atoms with Gasteiger partial charge in [-0.15, -0.1) is 0 Å². The molecule has 32 heavy (non-hydrogen) atoms. The summed E-state index contributed by atoms with van der Waals surface area (Å²) >= 11 is 0. The highest BCUT2D eigenvalue weighted by Gasteiger charge is 2.39. The Morgan fingerprint density at radius 3 is 2.06 bits per heavy atom. The zero-order chi connectivity index (χ0) is 22.9. The highest BCUT2D eigenvalue weighted by atomic mass is 32.2. The lowest BCUT2D eigenvalue weighted by Crippen LogP contribution is -2.57. The number of nitrogens with two attached hydrogens (primary N) is 1. The number of anilines is 1.